The smallest absolute Gasteiger partial charge is 0.324 e. The van der Waals surface area contributed by atoms with Crippen LogP contribution in [0.1, 0.15) is 35.4 Å². The van der Waals surface area contributed by atoms with Gasteiger partial charge in [-0.25, -0.2) is 0 Å². The van der Waals surface area contributed by atoms with E-state index >= 15 is 0 Å². The highest BCUT2D eigenvalue weighted by molar-refractivity contribution is 7.17. The van der Waals surface area contributed by atoms with E-state index in [0.29, 0.717) is 37.0 Å². The summed E-state index contributed by atoms with van der Waals surface area (Å²) in [7, 11) is 0. The lowest BCUT2D eigenvalue weighted by atomic mass is 9.67. The molecule has 4 rings (SSSR count). The van der Waals surface area contributed by atoms with Crippen molar-refractivity contribution in [3.8, 4) is 0 Å². The van der Waals surface area contributed by atoms with Crippen molar-refractivity contribution in [1.82, 2.24) is 15.1 Å². The molecule has 9 heteroatoms. The van der Waals surface area contributed by atoms with Gasteiger partial charge < -0.3 is 15.1 Å². The third-order valence-electron chi connectivity index (χ3n) is 6.30. The molecular formula is C18H24N4O4S. The maximum atomic E-state index is 13.3. The predicted molar refractivity (Wildman–Crippen MR) is 101 cm³/mol. The van der Waals surface area contributed by atoms with Crippen molar-refractivity contribution in [1.29, 1.82) is 0 Å². The Kier molecular flexibility index (Phi) is 4.90. The van der Waals surface area contributed by atoms with Crippen molar-refractivity contribution >= 4 is 28.2 Å². The standard InChI is InChI=1S/C18H24N4O4S/c23-16(14-4-5-15(27-14)22(25)26)20-7-9-21(10-8-20)17(24)18-6-2-1-3-13(18)11-19-12-18/h4-5,13,19H,1-3,6-12H2/t13-,18+/m0/s1. The van der Waals surface area contributed by atoms with Crippen LogP contribution >= 0.6 is 11.3 Å². The van der Waals surface area contributed by atoms with E-state index in [1.54, 1.807) is 4.90 Å². The molecule has 8 nitrogen and oxygen atoms in total. The average Bonchev–Trinajstić information content (AvgIpc) is 3.35. The molecule has 146 valence electrons. The highest BCUT2D eigenvalue weighted by Gasteiger charge is 2.51. The quantitative estimate of drug-likeness (QED) is 0.624. The number of nitrogens with zero attached hydrogens (tertiary/aromatic N) is 3. The first kappa shape index (κ1) is 18.4. The van der Waals surface area contributed by atoms with Gasteiger partial charge >= 0.3 is 5.00 Å². The van der Waals surface area contributed by atoms with Gasteiger partial charge in [0, 0.05) is 38.8 Å². The molecule has 3 aliphatic rings. The Bertz CT molecular complexity index is 758. The second-order valence-electron chi connectivity index (χ2n) is 7.71. The largest absolute Gasteiger partial charge is 0.339 e. The van der Waals surface area contributed by atoms with Crippen LogP contribution in [0.4, 0.5) is 5.00 Å². The van der Waals surface area contributed by atoms with Gasteiger partial charge in [-0.2, -0.15) is 0 Å². The summed E-state index contributed by atoms with van der Waals surface area (Å²) < 4.78 is 0. The summed E-state index contributed by atoms with van der Waals surface area (Å²) in [5.74, 6) is 0.498. The van der Waals surface area contributed by atoms with Crippen molar-refractivity contribution in [2.45, 2.75) is 25.7 Å². The van der Waals surface area contributed by atoms with E-state index in [4.69, 9.17) is 0 Å². The Morgan fingerprint density at radius 3 is 2.63 bits per heavy atom. The number of carbonyl (C=O) groups excluding carboxylic acids is 2. The van der Waals surface area contributed by atoms with E-state index in [0.717, 1.165) is 43.7 Å². The lowest BCUT2D eigenvalue weighted by Crippen LogP contribution is -2.56. The molecule has 1 N–H and O–H groups in total. The van der Waals surface area contributed by atoms with E-state index in [2.05, 4.69) is 5.32 Å². The third kappa shape index (κ3) is 3.23. The number of nitrogens with one attached hydrogen (secondary N) is 1. The fourth-order valence-corrected chi connectivity index (χ4v) is 5.58. The Labute approximate surface area is 161 Å². The summed E-state index contributed by atoms with van der Waals surface area (Å²) in [6.45, 7) is 3.73. The molecule has 1 saturated carbocycles. The first-order valence-corrected chi connectivity index (χ1v) is 10.4. The van der Waals surface area contributed by atoms with E-state index < -0.39 is 4.92 Å². The molecule has 1 aliphatic carbocycles. The highest BCUT2D eigenvalue weighted by Crippen LogP contribution is 2.45. The van der Waals surface area contributed by atoms with Crippen LogP contribution in [0.2, 0.25) is 0 Å². The molecule has 3 fully saturated rings. The minimum Gasteiger partial charge on any atom is -0.339 e. The molecular weight excluding hydrogens is 368 g/mol. The summed E-state index contributed by atoms with van der Waals surface area (Å²) in [6.07, 6.45) is 4.39. The number of thiophene rings is 1. The minimum atomic E-state index is -0.479. The van der Waals surface area contributed by atoms with E-state index in [-0.39, 0.29) is 22.2 Å². The molecule has 3 heterocycles. The predicted octanol–water partition coefficient (Wildman–Crippen LogP) is 1.72. The SMILES string of the molecule is O=C(c1ccc([N+](=O)[O-])s1)N1CCN(C(=O)[C@@]23CCCC[C@H]2CNC3)CC1. The molecule has 0 aromatic carbocycles. The number of rotatable bonds is 3. The molecule has 27 heavy (non-hydrogen) atoms. The maximum absolute atomic E-state index is 13.3. The van der Waals surface area contributed by atoms with Crippen LogP contribution in [0.15, 0.2) is 12.1 Å². The van der Waals surface area contributed by atoms with Gasteiger partial charge in [0.25, 0.3) is 5.91 Å². The molecule has 0 bridgehead atoms. The molecule has 2 amide bonds. The van der Waals surface area contributed by atoms with Gasteiger partial charge in [-0.05, 0) is 31.4 Å². The number of nitro groups is 1. The number of hydrogen-bond acceptors (Lipinski definition) is 6. The Hall–Kier alpha value is -2.00. The molecule has 1 aromatic heterocycles. The van der Waals surface area contributed by atoms with Crippen LogP contribution in [0, 0.1) is 21.4 Å². The van der Waals surface area contributed by atoms with Gasteiger partial charge in [0.1, 0.15) is 0 Å². The number of fused-ring (bicyclic) bond motifs is 1. The zero-order valence-corrected chi connectivity index (χ0v) is 16.0. The van der Waals surface area contributed by atoms with Gasteiger partial charge in [0.15, 0.2) is 0 Å². The minimum absolute atomic E-state index is 0.0247. The van der Waals surface area contributed by atoms with E-state index in [1.165, 1.54) is 18.6 Å². The molecule has 2 atom stereocenters. The lowest BCUT2D eigenvalue weighted by molar-refractivity contribution is -0.380. The van der Waals surface area contributed by atoms with Crippen molar-refractivity contribution in [3.05, 3.63) is 27.1 Å². The van der Waals surface area contributed by atoms with Gasteiger partial charge in [-0.3, -0.25) is 19.7 Å². The Morgan fingerprint density at radius 1 is 1.19 bits per heavy atom. The normalized spacial score (nSPS) is 28.1. The molecule has 2 aliphatic heterocycles. The van der Waals surface area contributed by atoms with Crippen LogP contribution < -0.4 is 5.32 Å². The third-order valence-corrected chi connectivity index (χ3v) is 7.33. The molecule has 2 saturated heterocycles. The van der Waals surface area contributed by atoms with Crippen molar-refractivity contribution in [2.75, 3.05) is 39.3 Å². The second-order valence-corrected chi connectivity index (χ2v) is 8.77. The van der Waals surface area contributed by atoms with Crippen LogP contribution in [0.3, 0.4) is 0 Å². The summed E-state index contributed by atoms with van der Waals surface area (Å²) in [6, 6.07) is 2.88. The molecule has 0 unspecified atom stereocenters. The number of piperazine rings is 1. The zero-order valence-electron chi connectivity index (χ0n) is 15.2. The topological polar surface area (TPSA) is 95.8 Å². The first-order valence-electron chi connectivity index (χ1n) is 9.55. The molecule has 0 spiro atoms. The Balaban J connectivity index is 1.39. The first-order chi connectivity index (χ1) is 13.0. The average molecular weight is 392 g/mol. The number of hydrogen-bond donors (Lipinski definition) is 1. The number of amides is 2. The number of carbonyl (C=O) groups is 2. The zero-order chi connectivity index (χ0) is 19.0. The Morgan fingerprint density at radius 2 is 1.93 bits per heavy atom. The van der Waals surface area contributed by atoms with Crippen molar-refractivity contribution in [3.63, 3.8) is 0 Å². The molecule has 1 aromatic rings. The summed E-state index contributed by atoms with van der Waals surface area (Å²) in [5, 5.41) is 14.2. The summed E-state index contributed by atoms with van der Waals surface area (Å²) >= 11 is 0.905. The van der Waals surface area contributed by atoms with Crippen LogP contribution in [-0.2, 0) is 4.79 Å². The second kappa shape index (κ2) is 7.20. The van der Waals surface area contributed by atoms with Gasteiger partial charge in [-0.1, -0.05) is 24.2 Å². The fraction of sp³-hybridized carbons (Fsp3) is 0.667. The highest BCUT2D eigenvalue weighted by atomic mass is 32.1. The maximum Gasteiger partial charge on any atom is 0.324 e. The van der Waals surface area contributed by atoms with Gasteiger partial charge in [0.2, 0.25) is 5.91 Å². The van der Waals surface area contributed by atoms with E-state index in [9.17, 15) is 19.7 Å². The van der Waals surface area contributed by atoms with Gasteiger partial charge in [-0.15, -0.1) is 0 Å². The van der Waals surface area contributed by atoms with Crippen molar-refractivity contribution in [2.24, 2.45) is 11.3 Å². The van der Waals surface area contributed by atoms with Crippen LogP contribution in [0.5, 0.6) is 0 Å². The van der Waals surface area contributed by atoms with Crippen molar-refractivity contribution < 1.29 is 14.5 Å². The monoisotopic (exact) mass is 392 g/mol. The van der Waals surface area contributed by atoms with Crippen LogP contribution in [-0.4, -0.2) is 65.8 Å². The fourth-order valence-electron chi connectivity index (χ4n) is 4.79. The van der Waals surface area contributed by atoms with Gasteiger partial charge in [0.05, 0.1) is 15.2 Å². The lowest BCUT2D eigenvalue weighted by Gasteiger charge is -2.43. The van der Waals surface area contributed by atoms with E-state index in [1.807, 2.05) is 4.90 Å². The van der Waals surface area contributed by atoms with Crippen LogP contribution in [0.25, 0.3) is 0 Å². The molecule has 0 radical (unpaired) electrons. The summed E-state index contributed by atoms with van der Waals surface area (Å²) in [4.78, 5) is 40.2. The summed E-state index contributed by atoms with van der Waals surface area (Å²) in [5.41, 5.74) is -0.251.